The Kier molecular flexibility index (Phi) is 5.73. The van der Waals surface area contributed by atoms with Crippen LogP contribution in [0, 0.1) is 10.1 Å². The van der Waals surface area contributed by atoms with Crippen LogP contribution in [0.4, 0.5) is 10.8 Å². The maximum atomic E-state index is 12.6. The number of sulfone groups is 1. The highest BCUT2D eigenvalue weighted by atomic mass is 35.5. The SMILES string of the molecule is O=C(Cc1ccccc1Cl)Nc1ncc(S(=O)(=O)c2ccc([N+](=O)[O-])cc2)s1. The van der Waals surface area contributed by atoms with E-state index in [4.69, 9.17) is 11.6 Å². The second-order valence-electron chi connectivity index (χ2n) is 5.56. The molecule has 8 nitrogen and oxygen atoms in total. The Morgan fingerprint density at radius 1 is 1.18 bits per heavy atom. The Morgan fingerprint density at radius 3 is 2.50 bits per heavy atom. The Bertz CT molecular complexity index is 1140. The number of carbonyl (C=O) groups excluding carboxylic acids is 1. The van der Waals surface area contributed by atoms with Gasteiger partial charge in [-0.25, -0.2) is 13.4 Å². The van der Waals surface area contributed by atoms with Crippen LogP contribution >= 0.6 is 22.9 Å². The van der Waals surface area contributed by atoms with Crippen molar-refractivity contribution in [1.29, 1.82) is 0 Å². The predicted octanol–water partition coefficient (Wildman–Crippen LogP) is 3.72. The van der Waals surface area contributed by atoms with Crippen molar-refractivity contribution in [2.24, 2.45) is 0 Å². The Morgan fingerprint density at radius 2 is 1.86 bits per heavy atom. The summed E-state index contributed by atoms with van der Waals surface area (Å²) in [5.74, 6) is -0.387. The van der Waals surface area contributed by atoms with Crippen LogP contribution in [0.2, 0.25) is 5.02 Å². The molecule has 0 aliphatic carbocycles. The maximum Gasteiger partial charge on any atom is 0.269 e. The number of anilines is 1. The Balaban J connectivity index is 1.74. The van der Waals surface area contributed by atoms with Gasteiger partial charge in [0.15, 0.2) is 5.13 Å². The first-order chi connectivity index (χ1) is 13.3. The lowest BCUT2D eigenvalue weighted by atomic mass is 10.1. The second kappa shape index (κ2) is 8.05. The molecule has 3 rings (SSSR count). The van der Waals surface area contributed by atoms with E-state index in [-0.39, 0.29) is 32.3 Å². The minimum atomic E-state index is -3.90. The van der Waals surface area contributed by atoms with Gasteiger partial charge in [-0.05, 0) is 23.8 Å². The van der Waals surface area contributed by atoms with E-state index in [1.54, 1.807) is 24.3 Å². The fourth-order valence-corrected chi connectivity index (χ4v) is 4.93. The Labute approximate surface area is 168 Å². The third kappa shape index (κ3) is 4.35. The molecule has 3 aromatic rings. The van der Waals surface area contributed by atoms with E-state index >= 15 is 0 Å². The first-order valence-corrected chi connectivity index (χ1v) is 10.4. The van der Waals surface area contributed by atoms with E-state index in [0.717, 1.165) is 41.8 Å². The quantitative estimate of drug-likeness (QED) is 0.463. The average molecular weight is 438 g/mol. The van der Waals surface area contributed by atoms with Crippen LogP contribution in [0.5, 0.6) is 0 Å². The lowest BCUT2D eigenvalue weighted by Gasteiger charge is -2.04. The molecule has 0 saturated heterocycles. The van der Waals surface area contributed by atoms with Crippen LogP contribution in [-0.2, 0) is 21.1 Å². The highest BCUT2D eigenvalue weighted by Crippen LogP contribution is 2.29. The second-order valence-corrected chi connectivity index (χ2v) is 9.17. The summed E-state index contributed by atoms with van der Waals surface area (Å²) in [7, 11) is -3.90. The van der Waals surface area contributed by atoms with Crippen molar-refractivity contribution < 1.29 is 18.1 Å². The molecule has 0 bridgehead atoms. The molecule has 0 fully saturated rings. The molecule has 1 aromatic heterocycles. The summed E-state index contributed by atoms with van der Waals surface area (Å²) in [6, 6.07) is 11.4. The molecule has 0 atom stereocenters. The molecule has 0 aliphatic rings. The van der Waals surface area contributed by atoms with Crippen molar-refractivity contribution in [3.05, 3.63) is 75.4 Å². The molecule has 28 heavy (non-hydrogen) atoms. The van der Waals surface area contributed by atoms with Gasteiger partial charge in [0.2, 0.25) is 15.7 Å². The summed E-state index contributed by atoms with van der Waals surface area (Å²) in [6.45, 7) is 0. The fraction of sp³-hybridized carbons (Fsp3) is 0.0588. The number of rotatable bonds is 6. The monoisotopic (exact) mass is 437 g/mol. The number of benzene rings is 2. The smallest absolute Gasteiger partial charge is 0.269 e. The van der Waals surface area contributed by atoms with Gasteiger partial charge in [0.1, 0.15) is 4.21 Å². The molecule has 1 heterocycles. The van der Waals surface area contributed by atoms with Crippen LogP contribution in [0.1, 0.15) is 5.56 Å². The van der Waals surface area contributed by atoms with Crippen LogP contribution in [0.3, 0.4) is 0 Å². The summed E-state index contributed by atoms with van der Waals surface area (Å²) >= 11 is 6.81. The molecule has 2 aromatic carbocycles. The van der Waals surface area contributed by atoms with Gasteiger partial charge in [0.05, 0.1) is 22.4 Å². The number of nitro benzene ring substituents is 1. The highest BCUT2D eigenvalue weighted by Gasteiger charge is 2.22. The van der Waals surface area contributed by atoms with Crippen LogP contribution in [0.15, 0.2) is 63.8 Å². The normalized spacial score (nSPS) is 11.2. The van der Waals surface area contributed by atoms with Crippen LogP contribution in [0.25, 0.3) is 0 Å². The minimum absolute atomic E-state index is 0.0175. The standard InChI is InChI=1S/C17H12ClN3O5S2/c18-14-4-2-1-3-11(14)9-15(22)20-17-19-10-16(27-17)28(25,26)13-7-5-12(6-8-13)21(23)24/h1-8,10H,9H2,(H,19,20,22). The third-order valence-electron chi connectivity index (χ3n) is 3.66. The fourth-order valence-electron chi connectivity index (χ4n) is 2.28. The number of aromatic nitrogens is 1. The molecule has 0 aliphatic heterocycles. The van der Waals surface area contributed by atoms with E-state index in [0.29, 0.717) is 10.6 Å². The van der Waals surface area contributed by atoms with E-state index in [2.05, 4.69) is 10.3 Å². The van der Waals surface area contributed by atoms with Gasteiger partial charge in [-0.2, -0.15) is 0 Å². The number of amides is 1. The molecule has 0 saturated carbocycles. The predicted molar refractivity (Wildman–Crippen MR) is 104 cm³/mol. The van der Waals surface area contributed by atoms with Crippen LogP contribution in [-0.4, -0.2) is 24.2 Å². The number of non-ortho nitro benzene ring substituents is 1. The van der Waals surface area contributed by atoms with E-state index < -0.39 is 14.8 Å². The van der Waals surface area contributed by atoms with E-state index in [9.17, 15) is 23.3 Å². The maximum absolute atomic E-state index is 12.6. The first kappa shape index (κ1) is 19.9. The van der Waals surface area contributed by atoms with E-state index in [1.165, 1.54) is 0 Å². The van der Waals surface area contributed by atoms with Gasteiger partial charge in [-0.3, -0.25) is 14.9 Å². The van der Waals surface area contributed by atoms with Gasteiger partial charge in [-0.1, -0.05) is 41.1 Å². The average Bonchev–Trinajstić information content (AvgIpc) is 3.13. The van der Waals surface area contributed by atoms with Crippen molar-refractivity contribution in [2.75, 3.05) is 5.32 Å². The number of thiazole rings is 1. The molecular weight excluding hydrogens is 426 g/mol. The minimum Gasteiger partial charge on any atom is -0.302 e. The summed E-state index contributed by atoms with van der Waals surface area (Å²) in [4.78, 5) is 26.0. The van der Waals surface area contributed by atoms with Gasteiger partial charge in [-0.15, -0.1) is 0 Å². The van der Waals surface area contributed by atoms with Crippen molar-refractivity contribution in [3.8, 4) is 0 Å². The zero-order valence-electron chi connectivity index (χ0n) is 14.0. The molecule has 1 amide bonds. The van der Waals surface area contributed by atoms with Crippen molar-refractivity contribution in [3.63, 3.8) is 0 Å². The molecule has 144 valence electrons. The highest BCUT2D eigenvalue weighted by molar-refractivity contribution is 7.93. The molecular formula is C17H12ClN3O5S2. The molecule has 0 radical (unpaired) electrons. The van der Waals surface area contributed by atoms with Crippen LogP contribution < -0.4 is 5.32 Å². The number of halogens is 1. The van der Waals surface area contributed by atoms with Gasteiger partial charge in [0, 0.05) is 17.2 Å². The van der Waals surface area contributed by atoms with Gasteiger partial charge >= 0.3 is 0 Å². The van der Waals surface area contributed by atoms with Crippen molar-refractivity contribution >= 4 is 49.5 Å². The number of nitrogens with zero attached hydrogens (tertiary/aromatic N) is 2. The third-order valence-corrected chi connectivity index (χ3v) is 7.17. The Hall–Kier alpha value is -2.82. The zero-order valence-corrected chi connectivity index (χ0v) is 16.4. The number of hydrogen-bond acceptors (Lipinski definition) is 7. The van der Waals surface area contributed by atoms with Crippen molar-refractivity contribution in [2.45, 2.75) is 15.5 Å². The zero-order chi connectivity index (χ0) is 20.3. The molecule has 1 N–H and O–H groups in total. The number of carbonyl (C=O) groups is 1. The first-order valence-electron chi connectivity index (χ1n) is 7.76. The van der Waals surface area contributed by atoms with E-state index in [1.807, 2.05) is 0 Å². The van der Waals surface area contributed by atoms with Gasteiger partial charge < -0.3 is 5.32 Å². The summed E-state index contributed by atoms with van der Waals surface area (Å²) in [5.41, 5.74) is 0.424. The topological polar surface area (TPSA) is 119 Å². The molecule has 11 heteroatoms. The van der Waals surface area contributed by atoms with Gasteiger partial charge in [0.25, 0.3) is 5.69 Å². The largest absolute Gasteiger partial charge is 0.302 e. The number of nitrogens with one attached hydrogen (secondary N) is 1. The number of hydrogen-bond donors (Lipinski definition) is 1. The summed E-state index contributed by atoms with van der Waals surface area (Å²) < 4.78 is 25.2. The summed E-state index contributed by atoms with van der Waals surface area (Å²) in [5, 5.41) is 13.8. The molecule has 0 unspecified atom stereocenters. The lowest BCUT2D eigenvalue weighted by Crippen LogP contribution is -2.14. The molecule has 0 spiro atoms. The lowest BCUT2D eigenvalue weighted by molar-refractivity contribution is -0.384. The van der Waals surface area contributed by atoms with Crippen molar-refractivity contribution in [1.82, 2.24) is 4.98 Å². The number of nitro groups is 1. The summed E-state index contributed by atoms with van der Waals surface area (Å²) in [6.07, 6.45) is 1.15.